The molecule has 0 fully saturated rings. The van der Waals surface area contributed by atoms with Gasteiger partial charge in [-0.15, -0.1) is 11.6 Å². The van der Waals surface area contributed by atoms with Gasteiger partial charge in [0, 0.05) is 36.6 Å². The fourth-order valence-electron chi connectivity index (χ4n) is 4.36. The molecule has 3 aromatic carbocycles. The quantitative estimate of drug-likeness (QED) is 0.311. The summed E-state index contributed by atoms with van der Waals surface area (Å²) in [6.07, 6.45) is 0. The van der Waals surface area contributed by atoms with Gasteiger partial charge in [-0.25, -0.2) is 4.79 Å². The largest absolute Gasteiger partial charge is 0.456 e. The number of rotatable bonds is 3. The summed E-state index contributed by atoms with van der Waals surface area (Å²) in [5.41, 5.74) is 1.28. The molecule has 2 aliphatic rings. The van der Waals surface area contributed by atoms with Gasteiger partial charge in [0.1, 0.15) is 23.0 Å². The average molecular weight is 465 g/mol. The molecule has 2 aliphatic heterocycles. The molecular formula is C25H17ClO7. The lowest BCUT2D eigenvalue weighted by Crippen LogP contribution is -2.33. The lowest BCUT2D eigenvalue weighted by Gasteiger charge is -2.37. The van der Waals surface area contributed by atoms with Gasteiger partial charge in [0.25, 0.3) is 0 Å². The van der Waals surface area contributed by atoms with Crippen molar-refractivity contribution in [2.45, 2.75) is 25.3 Å². The van der Waals surface area contributed by atoms with Crippen LogP contribution < -0.4 is 14.2 Å². The third-order valence-corrected chi connectivity index (χ3v) is 5.83. The molecule has 0 amide bonds. The zero-order valence-corrected chi connectivity index (χ0v) is 18.4. The molecule has 5 rings (SSSR count). The van der Waals surface area contributed by atoms with E-state index in [9.17, 15) is 14.4 Å². The van der Waals surface area contributed by atoms with Crippen molar-refractivity contribution in [1.29, 1.82) is 0 Å². The third kappa shape index (κ3) is 3.15. The smallest absolute Gasteiger partial charge is 0.340 e. The van der Waals surface area contributed by atoms with Gasteiger partial charge in [0.15, 0.2) is 5.60 Å². The molecule has 0 bridgehead atoms. The first-order valence-corrected chi connectivity index (χ1v) is 10.6. The number of hydrogen-bond donors (Lipinski definition) is 0. The van der Waals surface area contributed by atoms with Crippen molar-refractivity contribution in [3.8, 4) is 23.0 Å². The second kappa shape index (κ2) is 7.64. The Bertz CT molecular complexity index is 1350. The van der Waals surface area contributed by atoms with E-state index in [1.54, 1.807) is 42.5 Å². The summed E-state index contributed by atoms with van der Waals surface area (Å²) in [4.78, 5) is 36.0. The molecular weight excluding hydrogens is 448 g/mol. The van der Waals surface area contributed by atoms with Gasteiger partial charge in [-0.05, 0) is 30.3 Å². The van der Waals surface area contributed by atoms with Crippen molar-refractivity contribution in [3.05, 3.63) is 82.4 Å². The number of fused-ring (bicyclic) bond motifs is 6. The molecule has 2 heterocycles. The van der Waals surface area contributed by atoms with Crippen molar-refractivity contribution in [3.63, 3.8) is 0 Å². The highest BCUT2D eigenvalue weighted by Crippen LogP contribution is 2.58. The number of halogens is 1. The molecule has 166 valence electrons. The topological polar surface area (TPSA) is 88.1 Å². The predicted octanol–water partition coefficient (Wildman–Crippen LogP) is 4.84. The Morgan fingerprint density at radius 3 is 2.39 bits per heavy atom. The minimum atomic E-state index is -1.32. The number of carbonyl (C=O) groups is 3. The van der Waals surface area contributed by atoms with Gasteiger partial charge in [-0.2, -0.15) is 0 Å². The van der Waals surface area contributed by atoms with Crippen LogP contribution in [-0.2, 0) is 25.8 Å². The third-order valence-electron chi connectivity index (χ3n) is 5.56. The van der Waals surface area contributed by atoms with Crippen LogP contribution in [-0.4, -0.2) is 17.9 Å². The molecule has 0 radical (unpaired) electrons. The minimum Gasteiger partial charge on any atom is -0.456 e. The summed E-state index contributed by atoms with van der Waals surface area (Å²) in [6, 6.07) is 15.3. The van der Waals surface area contributed by atoms with E-state index in [0.29, 0.717) is 39.3 Å². The molecule has 0 N–H and O–H groups in total. The zero-order valence-electron chi connectivity index (χ0n) is 17.6. The normalized spacial score (nSPS) is 17.4. The maximum atomic E-state index is 12.9. The fourth-order valence-corrected chi connectivity index (χ4v) is 4.61. The van der Waals surface area contributed by atoms with Crippen molar-refractivity contribution >= 4 is 29.5 Å². The van der Waals surface area contributed by atoms with E-state index in [0.717, 1.165) is 0 Å². The molecule has 0 saturated carbocycles. The average Bonchev–Trinajstić information content (AvgIpc) is 3.06. The van der Waals surface area contributed by atoms with Gasteiger partial charge >= 0.3 is 17.9 Å². The van der Waals surface area contributed by atoms with E-state index in [2.05, 4.69) is 0 Å². The Hall–Kier alpha value is -3.84. The van der Waals surface area contributed by atoms with E-state index in [-0.39, 0.29) is 17.4 Å². The van der Waals surface area contributed by atoms with Crippen LogP contribution in [0.5, 0.6) is 23.0 Å². The van der Waals surface area contributed by atoms with Crippen LogP contribution in [0.25, 0.3) is 0 Å². The molecule has 7 nitrogen and oxygen atoms in total. The summed E-state index contributed by atoms with van der Waals surface area (Å²) < 4.78 is 22.8. The first-order chi connectivity index (χ1) is 15.8. The number of esters is 3. The van der Waals surface area contributed by atoms with Crippen LogP contribution in [0.4, 0.5) is 0 Å². The van der Waals surface area contributed by atoms with Gasteiger partial charge < -0.3 is 18.9 Å². The molecule has 1 atom stereocenters. The Kier molecular flexibility index (Phi) is 4.87. The first kappa shape index (κ1) is 21.0. The van der Waals surface area contributed by atoms with E-state index in [1.165, 1.54) is 13.8 Å². The lowest BCUT2D eigenvalue weighted by atomic mass is 9.77. The van der Waals surface area contributed by atoms with Gasteiger partial charge in [0.05, 0.1) is 17.0 Å². The summed E-state index contributed by atoms with van der Waals surface area (Å²) >= 11 is 6.26. The van der Waals surface area contributed by atoms with Crippen LogP contribution in [0.3, 0.4) is 0 Å². The summed E-state index contributed by atoms with van der Waals surface area (Å²) in [5.74, 6) is -0.386. The Balaban J connectivity index is 1.82. The maximum absolute atomic E-state index is 12.9. The molecule has 8 heteroatoms. The first-order valence-electron chi connectivity index (χ1n) is 10.1. The molecule has 1 unspecified atom stereocenters. The number of ether oxygens (including phenoxy) is 4. The van der Waals surface area contributed by atoms with Crippen molar-refractivity contribution < 1.29 is 33.3 Å². The maximum Gasteiger partial charge on any atom is 0.340 e. The summed E-state index contributed by atoms with van der Waals surface area (Å²) in [6.45, 7) is 2.58. The second-order valence-electron chi connectivity index (χ2n) is 7.62. The van der Waals surface area contributed by atoms with E-state index < -0.39 is 23.5 Å². The monoisotopic (exact) mass is 464 g/mol. The number of alkyl halides is 1. The van der Waals surface area contributed by atoms with E-state index >= 15 is 0 Å². The predicted molar refractivity (Wildman–Crippen MR) is 117 cm³/mol. The summed E-state index contributed by atoms with van der Waals surface area (Å²) in [7, 11) is 0. The molecule has 0 aliphatic carbocycles. The van der Waals surface area contributed by atoms with Crippen molar-refractivity contribution in [1.82, 2.24) is 0 Å². The Labute approximate surface area is 193 Å². The Morgan fingerprint density at radius 2 is 1.67 bits per heavy atom. The SMILES string of the molecule is CC(=O)Oc1ccc2c(c1)Oc1c(ccc(OC(C)=O)c1CCl)C21OC(=O)c2ccccc21. The van der Waals surface area contributed by atoms with E-state index in [1.807, 2.05) is 12.1 Å². The van der Waals surface area contributed by atoms with Gasteiger partial charge in [-0.1, -0.05) is 18.2 Å². The van der Waals surface area contributed by atoms with Crippen LogP contribution in [0.15, 0.2) is 54.6 Å². The zero-order chi connectivity index (χ0) is 23.3. The number of carbonyl (C=O) groups excluding carboxylic acids is 3. The van der Waals surface area contributed by atoms with Crippen LogP contribution in [0.2, 0.25) is 0 Å². The second-order valence-corrected chi connectivity index (χ2v) is 7.88. The Morgan fingerprint density at radius 1 is 0.939 bits per heavy atom. The molecule has 0 aromatic heterocycles. The number of benzene rings is 3. The number of hydrogen-bond acceptors (Lipinski definition) is 7. The summed E-state index contributed by atoms with van der Waals surface area (Å²) in [5, 5.41) is 0. The standard InChI is InChI=1S/C25H17ClO7/c1-13(27)30-15-7-8-19-22(11-15)32-23-17(12-26)21(31-14(2)28)10-9-20(23)25(19)18-6-4-3-5-16(18)24(29)33-25/h3-11H,12H2,1-2H3. The van der Waals surface area contributed by atoms with E-state index in [4.69, 9.17) is 30.5 Å². The highest BCUT2D eigenvalue weighted by molar-refractivity contribution is 6.17. The highest BCUT2D eigenvalue weighted by atomic mass is 35.5. The van der Waals surface area contributed by atoms with Crippen molar-refractivity contribution in [2.75, 3.05) is 0 Å². The van der Waals surface area contributed by atoms with Gasteiger partial charge in [-0.3, -0.25) is 9.59 Å². The molecule has 3 aromatic rings. The lowest BCUT2D eigenvalue weighted by molar-refractivity contribution is -0.132. The molecule has 1 spiro atoms. The van der Waals surface area contributed by atoms with Crippen LogP contribution in [0.1, 0.15) is 46.5 Å². The molecule has 33 heavy (non-hydrogen) atoms. The van der Waals surface area contributed by atoms with Gasteiger partial charge in [0.2, 0.25) is 0 Å². The van der Waals surface area contributed by atoms with Crippen molar-refractivity contribution in [2.24, 2.45) is 0 Å². The minimum absolute atomic E-state index is 0.0313. The van der Waals surface area contributed by atoms with Crippen LogP contribution in [0, 0.1) is 0 Å². The van der Waals surface area contributed by atoms with Crippen LogP contribution >= 0.6 is 11.6 Å². The fraction of sp³-hybridized carbons (Fsp3) is 0.160. The highest BCUT2D eigenvalue weighted by Gasteiger charge is 2.54. The molecule has 0 saturated heterocycles.